The van der Waals surface area contributed by atoms with Crippen molar-refractivity contribution in [1.29, 1.82) is 0 Å². The molecule has 0 aliphatic carbocycles. The van der Waals surface area contributed by atoms with Crippen LogP contribution in [-0.2, 0) is 0 Å². The van der Waals surface area contributed by atoms with Gasteiger partial charge in [-0.15, -0.1) is 0 Å². The van der Waals surface area contributed by atoms with Crippen LogP contribution >= 0.6 is 23.4 Å². The molecule has 1 aromatic heterocycles. The lowest BCUT2D eigenvalue weighted by atomic mass is 10.2. The van der Waals surface area contributed by atoms with Crippen LogP contribution in [0.3, 0.4) is 0 Å². The summed E-state index contributed by atoms with van der Waals surface area (Å²) < 4.78 is 0. The number of rotatable bonds is 5. The molecule has 0 saturated heterocycles. The maximum atomic E-state index is 11.8. The second kappa shape index (κ2) is 6.76. The van der Waals surface area contributed by atoms with Crippen molar-refractivity contribution in [2.75, 3.05) is 11.5 Å². The first-order valence-corrected chi connectivity index (χ1v) is 6.66. The number of halogens is 1. The molecule has 0 spiro atoms. The van der Waals surface area contributed by atoms with Crippen molar-refractivity contribution in [3.05, 3.63) is 29.0 Å². The van der Waals surface area contributed by atoms with Gasteiger partial charge >= 0.3 is 0 Å². The highest BCUT2D eigenvalue weighted by Crippen LogP contribution is 2.13. The molecular formula is C11H15ClN2OS. The van der Waals surface area contributed by atoms with Gasteiger partial charge < -0.3 is 5.32 Å². The van der Waals surface area contributed by atoms with Gasteiger partial charge in [-0.25, -0.2) is 0 Å². The third-order valence-corrected chi connectivity index (χ3v) is 3.41. The molecule has 1 heterocycles. The molecule has 16 heavy (non-hydrogen) atoms. The van der Waals surface area contributed by atoms with Crippen LogP contribution in [0.25, 0.3) is 0 Å². The second-order valence-electron chi connectivity index (χ2n) is 3.39. The number of amides is 1. The van der Waals surface area contributed by atoms with E-state index in [2.05, 4.69) is 17.2 Å². The molecule has 3 nitrogen and oxygen atoms in total. The zero-order chi connectivity index (χ0) is 12.0. The maximum absolute atomic E-state index is 11.8. The van der Waals surface area contributed by atoms with Crippen LogP contribution in [-0.4, -0.2) is 28.4 Å². The maximum Gasteiger partial charge on any atom is 0.253 e. The highest BCUT2D eigenvalue weighted by Gasteiger charge is 2.12. The molecule has 0 saturated carbocycles. The summed E-state index contributed by atoms with van der Waals surface area (Å²) in [5.74, 6) is 1.82. The monoisotopic (exact) mass is 258 g/mol. The van der Waals surface area contributed by atoms with E-state index < -0.39 is 0 Å². The molecular weight excluding hydrogens is 244 g/mol. The zero-order valence-corrected chi connectivity index (χ0v) is 10.9. The Morgan fingerprint density at radius 3 is 3.06 bits per heavy atom. The van der Waals surface area contributed by atoms with Crippen LogP contribution in [0.2, 0.25) is 5.02 Å². The smallest absolute Gasteiger partial charge is 0.253 e. The van der Waals surface area contributed by atoms with Crippen LogP contribution in [0.1, 0.15) is 24.2 Å². The number of hydrogen-bond donors (Lipinski definition) is 1. The van der Waals surface area contributed by atoms with E-state index in [-0.39, 0.29) is 11.9 Å². The number of hydrogen-bond acceptors (Lipinski definition) is 3. The largest absolute Gasteiger partial charge is 0.349 e. The standard InChI is InChI=1S/C11H15ClN2OS/c1-3-16-7-8(2)14-11(15)9-4-5-13-6-10(9)12/h4-6,8H,3,7H2,1-2H3,(H,14,15). The van der Waals surface area contributed by atoms with E-state index in [0.717, 1.165) is 11.5 Å². The van der Waals surface area contributed by atoms with E-state index in [4.69, 9.17) is 11.6 Å². The van der Waals surface area contributed by atoms with Crippen LogP contribution in [0, 0.1) is 0 Å². The summed E-state index contributed by atoms with van der Waals surface area (Å²) in [5, 5.41) is 3.28. The number of nitrogens with zero attached hydrogens (tertiary/aromatic N) is 1. The SMILES string of the molecule is CCSCC(C)NC(=O)c1ccncc1Cl. The van der Waals surface area contributed by atoms with Gasteiger partial charge in [-0.3, -0.25) is 9.78 Å². The van der Waals surface area contributed by atoms with Crippen LogP contribution in [0.4, 0.5) is 0 Å². The first-order chi connectivity index (χ1) is 7.65. The van der Waals surface area contributed by atoms with Gasteiger partial charge in [-0.2, -0.15) is 11.8 Å². The Kier molecular flexibility index (Phi) is 5.63. The Bertz CT molecular complexity index is 360. The van der Waals surface area contributed by atoms with Gasteiger partial charge in [0.1, 0.15) is 0 Å². The van der Waals surface area contributed by atoms with Gasteiger partial charge in [0.15, 0.2) is 0 Å². The Morgan fingerprint density at radius 2 is 2.44 bits per heavy atom. The number of carbonyl (C=O) groups is 1. The van der Waals surface area contributed by atoms with Crippen molar-refractivity contribution in [2.24, 2.45) is 0 Å². The lowest BCUT2D eigenvalue weighted by Gasteiger charge is -2.13. The zero-order valence-electron chi connectivity index (χ0n) is 9.37. The predicted octanol–water partition coefficient (Wildman–Crippen LogP) is 2.61. The molecule has 1 N–H and O–H groups in total. The Hall–Kier alpha value is -0.740. The summed E-state index contributed by atoms with van der Waals surface area (Å²) in [6.45, 7) is 4.08. The molecule has 1 atom stereocenters. The second-order valence-corrected chi connectivity index (χ2v) is 5.12. The van der Waals surface area contributed by atoms with Gasteiger partial charge in [0.05, 0.1) is 10.6 Å². The number of nitrogens with one attached hydrogen (secondary N) is 1. The van der Waals surface area contributed by atoms with Crippen molar-refractivity contribution >= 4 is 29.3 Å². The van der Waals surface area contributed by atoms with E-state index in [0.29, 0.717) is 10.6 Å². The fraction of sp³-hybridized carbons (Fsp3) is 0.455. The van der Waals surface area contributed by atoms with Crippen molar-refractivity contribution in [1.82, 2.24) is 10.3 Å². The summed E-state index contributed by atoms with van der Waals surface area (Å²) in [7, 11) is 0. The average Bonchev–Trinajstić information content (AvgIpc) is 2.26. The number of pyridine rings is 1. The molecule has 0 bridgehead atoms. The minimum atomic E-state index is -0.142. The fourth-order valence-electron chi connectivity index (χ4n) is 1.20. The van der Waals surface area contributed by atoms with E-state index in [1.165, 1.54) is 6.20 Å². The minimum absolute atomic E-state index is 0.140. The molecule has 0 aliphatic rings. The third-order valence-electron chi connectivity index (χ3n) is 1.97. The fourth-order valence-corrected chi connectivity index (χ4v) is 2.07. The summed E-state index contributed by atoms with van der Waals surface area (Å²) >= 11 is 7.68. The number of thioether (sulfide) groups is 1. The summed E-state index contributed by atoms with van der Waals surface area (Å²) in [5.41, 5.74) is 0.477. The Labute approximate surface area is 105 Å². The normalized spacial score (nSPS) is 12.2. The van der Waals surface area contributed by atoms with Crippen LogP contribution in [0.5, 0.6) is 0 Å². The van der Waals surface area contributed by atoms with Crippen LogP contribution < -0.4 is 5.32 Å². The van der Waals surface area contributed by atoms with Crippen LogP contribution in [0.15, 0.2) is 18.5 Å². The van der Waals surface area contributed by atoms with E-state index in [1.54, 1.807) is 24.0 Å². The Balaban J connectivity index is 2.56. The molecule has 5 heteroatoms. The summed E-state index contributed by atoms with van der Waals surface area (Å²) in [6.07, 6.45) is 3.04. The molecule has 0 aliphatic heterocycles. The number of aromatic nitrogens is 1. The minimum Gasteiger partial charge on any atom is -0.349 e. The molecule has 0 fully saturated rings. The summed E-state index contributed by atoms with van der Waals surface area (Å²) in [4.78, 5) is 15.6. The molecule has 1 rings (SSSR count). The highest BCUT2D eigenvalue weighted by molar-refractivity contribution is 7.99. The van der Waals surface area contributed by atoms with Crippen molar-refractivity contribution < 1.29 is 4.79 Å². The third kappa shape index (κ3) is 4.02. The van der Waals surface area contributed by atoms with E-state index >= 15 is 0 Å². The quantitative estimate of drug-likeness (QED) is 0.883. The first-order valence-electron chi connectivity index (χ1n) is 5.13. The molecule has 88 valence electrons. The van der Waals surface area contributed by atoms with E-state index in [1.807, 2.05) is 6.92 Å². The molecule has 1 aromatic rings. The van der Waals surface area contributed by atoms with Gasteiger partial charge in [0.25, 0.3) is 5.91 Å². The first kappa shape index (κ1) is 13.3. The lowest BCUT2D eigenvalue weighted by molar-refractivity contribution is 0.0944. The van der Waals surface area contributed by atoms with Gasteiger partial charge in [-0.1, -0.05) is 18.5 Å². The molecule has 1 amide bonds. The highest BCUT2D eigenvalue weighted by atomic mass is 35.5. The summed E-state index contributed by atoms with van der Waals surface area (Å²) in [6, 6.07) is 1.76. The molecule has 0 radical (unpaired) electrons. The predicted molar refractivity (Wildman–Crippen MR) is 69.2 cm³/mol. The average molecular weight is 259 g/mol. The molecule has 0 aromatic carbocycles. The van der Waals surface area contributed by atoms with Crippen molar-refractivity contribution in [3.8, 4) is 0 Å². The number of carbonyl (C=O) groups excluding carboxylic acids is 1. The van der Waals surface area contributed by atoms with Crippen molar-refractivity contribution in [2.45, 2.75) is 19.9 Å². The topological polar surface area (TPSA) is 42.0 Å². The van der Waals surface area contributed by atoms with Crippen molar-refractivity contribution in [3.63, 3.8) is 0 Å². The van der Waals surface area contributed by atoms with Gasteiger partial charge in [0.2, 0.25) is 0 Å². The lowest BCUT2D eigenvalue weighted by Crippen LogP contribution is -2.34. The van der Waals surface area contributed by atoms with Gasteiger partial charge in [0, 0.05) is 24.2 Å². The van der Waals surface area contributed by atoms with E-state index in [9.17, 15) is 4.79 Å². The molecule has 1 unspecified atom stereocenters. The van der Waals surface area contributed by atoms with Gasteiger partial charge in [-0.05, 0) is 18.7 Å². The Morgan fingerprint density at radius 1 is 1.69 bits per heavy atom.